The van der Waals surface area contributed by atoms with E-state index < -0.39 is 6.04 Å². The molecule has 2 N–H and O–H groups in total. The molecule has 12 heavy (non-hydrogen) atoms. The number of Topliss-reactive ketones (excluding diaryl/α,β-unsaturated/α-hetero) is 1. The second-order valence-corrected chi connectivity index (χ2v) is 2.95. The molecule has 0 fully saturated rings. The lowest BCUT2D eigenvalue weighted by Gasteiger charge is -2.03. The van der Waals surface area contributed by atoms with E-state index in [4.69, 9.17) is 5.73 Å². The highest BCUT2D eigenvalue weighted by molar-refractivity contribution is 5.81. The second-order valence-electron chi connectivity index (χ2n) is 2.95. The van der Waals surface area contributed by atoms with E-state index in [0.29, 0.717) is 6.42 Å². The number of hydrogen-bond acceptors (Lipinski definition) is 3. The number of carbonyl (C=O) groups excluding carboxylic acids is 1. The van der Waals surface area contributed by atoms with Crippen molar-refractivity contribution in [3.63, 3.8) is 0 Å². The molecule has 1 heterocycles. The molecule has 1 atom stereocenters. The summed E-state index contributed by atoms with van der Waals surface area (Å²) in [4.78, 5) is 14.9. The van der Waals surface area contributed by atoms with Crippen molar-refractivity contribution in [2.24, 2.45) is 12.8 Å². The molecule has 0 aliphatic rings. The molecule has 1 aromatic heterocycles. The van der Waals surface area contributed by atoms with Gasteiger partial charge in [-0.1, -0.05) is 0 Å². The Morgan fingerprint density at radius 2 is 2.50 bits per heavy atom. The van der Waals surface area contributed by atoms with E-state index in [2.05, 4.69) is 4.98 Å². The van der Waals surface area contributed by atoms with Gasteiger partial charge in [0.1, 0.15) is 5.78 Å². The monoisotopic (exact) mass is 167 g/mol. The van der Waals surface area contributed by atoms with Crippen LogP contribution < -0.4 is 5.73 Å². The molecule has 0 radical (unpaired) electrons. The molecule has 0 aliphatic heterocycles. The predicted octanol–water partition coefficient (Wildman–Crippen LogP) is -0.121. The molecule has 66 valence electrons. The van der Waals surface area contributed by atoms with Crippen LogP contribution in [-0.2, 0) is 18.3 Å². The summed E-state index contributed by atoms with van der Waals surface area (Å²) in [5, 5.41) is 0. The Morgan fingerprint density at radius 3 is 2.92 bits per heavy atom. The summed E-state index contributed by atoms with van der Waals surface area (Å²) >= 11 is 0. The van der Waals surface area contributed by atoms with E-state index in [9.17, 15) is 4.79 Å². The highest BCUT2D eigenvalue weighted by Crippen LogP contribution is 1.98. The largest absolute Gasteiger partial charge is 0.340 e. The van der Waals surface area contributed by atoms with Gasteiger partial charge in [-0.25, -0.2) is 4.98 Å². The van der Waals surface area contributed by atoms with Gasteiger partial charge >= 0.3 is 0 Å². The normalized spacial score (nSPS) is 12.9. The molecule has 0 unspecified atom stereocenters. The third-order valence-corrected chi connectivity index (χ3v) is 1.71. The minimum absolute atomic E-state index is 0.000605. The molecule has 0 aromatic carbocycles. The van der Waals surface area contributed by atoms with Gasteiger partial charge in [-0.05, 0) is 6.92 Å². The number of hydrogen-bond donors (Lipinski definition) is 1. The maximum absolute atomic E-state index is 10.8. The fourth-order valence-electron chi connectivity index (χ4n) is 0.941. The van der Waals surface area contributed by atoms with Crippen LogP contribution in [0.4, 0.5) is 0 Å². The van der Waals surface area contributed by atoms with Crippen molar-refractivity contribution >= 4 is 5.78 Å². The number of imidazole rings is 1. The zero-order valence-corrected chi connectivity index (χ0v) is 7.32. The Labute approximate surface area is 71.4 Å². The molecule has 0 bridgehead atoms. The van der Waals surface area contributed by atoms with Crippen molar-refractivity contribution in [2.75, 3.05) is 0 Å². The van der Waals surface area contributed by atoms with Gasteiger partial charge in [0.2, 0.25) is 0 Å². The smallest absolute Gasteiger partial charge is 0.146 e. The summed E-state index contributed by atoms with van der Waals surface area (Å²) in [6, 6.07) is -0.417. The van der Waals surface area contributed by atoms with Crippen molar-refractivity contribution in [3.05, 3.63) is 18.2 Å². The van der Waals surface area contributed by atoms with Crippen LogP contribution in [0.25, 0.3) is 0 Å². The Kier molecular flexibility index (Phi) is 2.60. The molecule has 4 heteroatoms. The van der Waals surface area contributed by atoms with Crippen LogP contribution in [0.3, 0.4) is 0 Å². The summed E-state index contributed by atoms with van der Waals surface area (Å²) < 4.78 is 1.84. The van der Waals surface area contributed by atoms with Gasteiger partial charge in [-0.2, -0.15) is 0 Å². The van der Waals surface area contributed by atoms with E-state index >= 15 is 0 Å². The van der Waals surface area contributed by atoms with Crippen molar-refractivity contribution in [1.29, 1.82) is 0 Å². The summed E-state index contributed by atoms with van der Waals surface area (Å²) in [6.07, 6.45) is 4.08. The molecule has 1 rings (SSSR count). The highest BCUT2D eigenvalue weighted by Gasteiger charge is 2.09. The molecule has 0 spiro atoms. The zero-order valence-electron chi connectivity index (χ0n) is 7.32. The SMILES string of the molecule is CC(=O)[C@H](N)Cc1cn(C)cn1. The van der Waals surface area contributed by atoms with Gasteiger partial charge in [0.25, 0.3) is 0 Å². The first-order valence-corrected chi connectivity index (χ1v) is 3.82. The highest BCUT2D eigenvalue weighted by atomic mass is 16.1. The number of ketones is 1. The molecule has 1 aromatic rings. The number of rotatable bonds is 3. The standard InChI is InChI=1S/C8H13N3O/c1-6(12)8(9)3-7-4-11(2)5-10-7/h4-5,8H,3,9H2,1-2H3/t8-/m1/s1. The average Bonchev–Trinajstić information content (AvgIpc) is 2.35. The minimum Gasteiger partial charge on any atom is -0.340 e. The molecule has 0 amide bonds. The number of carbonyl (C=O) groups is 1. The van der Waals surface area contributed by atoms with E-state index in [0.717, 1.165) is 5.69 Å². The van der Waals surface area contributed by atoms with Crippen molar-refractivity contribution in [3.8, 4) is 0 Å². The van der Waals surface area contributed by atoms with Gasteiger partial charge in [0, 0.05) is 19.7 Å². The third kappa shape index (κ3) is 2.17. The average molecular weight is 167 g/mol. The molecule has 4 nitrogen and oxygen atoms in total. The topological polar surface area (TPSA) is 60.9 Å². The van der Waals surface area contributed by atoms with Crippen molar-refractivity contribution < 1.29 is 4.79 Å². The maximum atomic E-state index is 10.8. The van der Waals surface area contributed by atoms with E-state index in [1.54, 1.807) is 6.33 Å². The minimum atomic E-state index is -0.417. The summed E-state index contributed by atoms with van der Waals surface area (Å²) in [6.45, 7) is 1.49. The number of aromatic nitrogens is 2. The fraction of sp³-hybridized carbons (Fsp3) is 0.500. The Morgan fingerprint density at radius 1 is 1.83 bits per heavy atom. The van der Waals surface area contributed by atoms with Gasteiger partial charge < -0.3 is 10.3 Å². The van der Waals surface area contributed by atoms with Crippen LogP contribution in [0.2, 0.25) is 0 Å². The van der Waals surface area contributed by atoms with Crippen LogP contribution in [0.5, 0.6) is 0 Å². The number of nitrogens with two attached hydrogens (primary N) is 1. The summed E-state index contributed by atoms with van der Waals surface area (Å²) in [5.41, 5.74) is 6.42. The number of aryl methyl sites for hydroxylation is 1. The van der Waals surface area contributed by atoms with Gasteiger partial charge in [0.15, 0.2) is 0 Å². The van der Waals surface area contributed by atoms with E-state index in [-0.39, 0.29) is 5.78 Å². The van der Waals surface area contributed by atoms with E-state index in [1.807, 2.05) is 17.8 Å². The molecular formula is C8H13N3O. The second kappa shape index (κ2) is 3.49. The lowest BCUT2D eigenvalue weighted by Crippen LogP contribution is -2.30. The van der Waals surface area contributed by atoms with Crippen LogP contribution in [0.15, 0.2) is 12.5 Å². The van der Waals surface area contributed by atoms with Crippen LogP contribution in [-0.4, -0.2) is 21.4 Å². The molecule has 0 saturated carbocycles. The number of nitrogens with zero attached hydrogens (tertiary/aromatic N) is 2. The Bertz CT molecular complexity index is 280. The Balaban J connectivity index is 2.58. The van der Waals surface area contributed by atoms with E-state index in [1.165, 1.54) is 6.92 Å². The maximum Gasteiger partial charge on any atom is 0.146 e. The molecule has 0 aliphatic carbocycles. The third-order valence-electron chi connectivity index (χ3n) is 1.71. The fourth-order valence-corrected chi connectivity index (χ4v) is 0.941. The zero-order chi connectivity index (χ0) is 9.14. The lowest BCUT2D eigenvalue weighted by atomic mass is 10.1. The van der Waals surface area contributed by atoms with Crippen molar-refractivity contribution in [2.45, 2.75) is 19.4 Å². The van der Waals surface area contributed by atoms with Gasteiger partial charge in [0.05, 0.1) is 18.1 Å². The first kappa shape index (κ1) is 8.93. The predicted molar refractivity (Wildman–Crippen MR) is 45.6 cm³/mol. The van der Waals surface area contributed by atoms with Crippen LogP contribution in [0.1, 0.15) is 12.6 Å². The quantitative estimate of drug-likeness (QED) is 0.682. The lowest BCUT2D eigenvalue weighted by molar-refractivity contribution is -0.118. The Hall–Kier alpha value is -1.16. The first-order chi connectivity index (χ1) is 5.59. The van der Waals surface area contributed by atoms with Gasteiger partial charge in [-0.15, -0.1) is 0 Å². The first-order valence-electron chi connectivity index (χ1n) is 3.82. The van der Waals surface area contributed by atoms with Gasteiger partial charge in [-0.3, -0.25) is 4.79 Å². The molecule has 0 saturated heterocycles. The van der Waals surface area contributed by atoms with Crippen molar-refractivity contribution in [1.82, 2.24) is 9.55 Å². The van der Waals surface area contributed by atoms with Crippen LogP contribution >= 0.6 is 0 Å². The van der Waals surface area contributed by atoms with Crippen LogP contribution in [0, 0.1) is 0 Å². The molecular weight excluding hydrogens is 154 g/mol. The summed E-state index contributed by atoms with van der Waals surface area (Å²) in [7, 11) is 1.88. The summed E-state index contributed by atoms with van der Waals surface area (Å²) in [5.74, 6) is 0.000605.